The Balaban J connectivity index is 1.40. The van der Waals surface area contributed by atoms with Crippen molar-refractivity contribution in [1.82, 2.24) is 0 Å². The molecule has 4 rings (SSSR count). The minimum atomic E-state index is -0.435. The molecule has 7 heteroatoms. The summed E-state index contributed by atoms with van der Waals surface area (Å²) in [6.07, 6.45) is 0. The molecule has 176 valence electrons. The van der Waals surface area contributed by atoms with E-state index in [1.807, 2.05) is 97.1 Å². The quantitative estimate of drug-likeness (QED) is 0.166. The van der Waals surface area contributed by atoms with Gasteiger partial charge in [-0.2, -0.15) is 0 Å². The Morgan fingerprint density at radius 3 is 1.97 bits per heavy atom. The van der Waals surface area contributed by atoms with Gasteiger partial charge >= 0.3 is 0 Å². The summed E-state index contributed by atoms with van der Waals surface area (Å²) in [5.74, 6) is 0.302. The van der Waals surface area contributed by atoms with E-state index >= 15 is 0 Å². The van der Waals surface area contributed by atoms with Crippen LogP contribution in [-0.2, 0) is 9.59 Å². The van der Waals surface area contributed by atoms with Crippen LogP contribution in [0.1, 0.15) is 10.8 Å². The predicted molar refractivity (Wildman–Crippen MR) is 150 cm³/mol. The van der Waals surface area contributed by atoms with Gasteiger partial charge < -0.3 is 15.4 Å². The first kappa shape index (κ1) is 24.8. The van der Waals surface area contributed by atoms with Crippen LogP contribution in [0.4, 0.5) is 11.4 Å². The number of nitrogens with one attached hydrogen (secondary N) is 2. The molecule has 1 atom stereocenters. The number of carbonyl (C=O) groups is 2. The fraction of sp³-hybridized carbons (Fsp3) is 0.0714. The number of halogens is 1. The number of ether oxygens (including phenoxy) is 1. The summed E-state index contributed by atoms with van der Waals surface area (Å²) in [7, 11) is 0. The van der Waals surface area contributed by atoms with E-state index in [4.69, 9.17) is 4.74 Å². The van der Waals surface area contributed by atoms with Gasteiger partial charge in [-0.3, -0.25) is 9.59 Å². The molecule has 2 amide bonds. The maximum Gasteiger partial charge on any atom is 0.262 e. The number of rotatable bonds is 9. The summed E-state index contributed by atoms with van der Waals surface area (Å²) in [6, 6.07) is 34.0. The van der Waals surface area contributed by atoms with Crippen LogP contribution in [0.5, 0.6) is 5.75 Å². The number of benzene rings is 4. The Bertz CT molecular complexity index is 1250. The molecule has 0 heterocycles. The first-order valence-corrected chi connectivity index (χ1v) is 12.9. The molecular formula is C28H23IN2O3S. The van der Waals surface area contributed by atoms with Crippen molar-refractivity contribution in [3.63, 3.8) is 0 Å². The fourth-order valence-corrected chi connectivity index (χ4v) is 4.64. The number of anilines is 2. The van der Waals surface area contributed by atoms with Crippen molar-refractivity contribution in [2.75, 3.05) is 17.2 Å². The third-order valence-electron chi connectivity index (χ3n) is 4.96. The van der Waals surface area contributed by atoms with Crippen LogP contribution in [0.3, 0.4) is 0 Å². The molecule has 35 heavy (non-hydrogen) atoms. The van der Waals surface area contributed by atoms with Crippen LogP contribution >= 0.6 is 34.4 Å². The van der Waals surface area contributed by atoms with Gasteiger partial charge in [0.15, 0.2) is 6.61 Å². The minimum Gasteiger partial charge on any atom is -0.484 e. The molecule has 0 aliphatic carbocycles. The molecule has 0 aliphatic rings. The molecule has 0 bridgehead atoms. The monoisotopic (exact) mass is 594 g/mol. The molecule has 4 aromatic rings. The zero-order valence-corrected chi connectivity index (χ0v) is 21.7. The van der Waals surface area contributed by atoms with Gasteiger partial charge in [-0.05, 0) is 88.8 Å². The summed E-state index contributed by atoms with van der Waals surface area (Å²) < 4.78 is 6.59. The molecule has 0 fully saturated rings. The second kappa shape index (κ2) is 12.4. The van der Waals surface area contributed by atoms with Gasteiger partial charge in [-0.25, -0.2) is 0 Å². The van der Waals surface area contributed by atoms with E-state index in [0.29, 0.717) is 11.4 Å². The van der Waals surface area contributed by atoms with E-state index in [1.165, 1.54) is 11.8 Å². The lowest BCUT2D eigenvalue weighted by atomic mass is 10.1. The highest BCUT2D eigenvalue weighted by Crippen LogP contribution is 2.36. The smallest absolute Gasteiger partial charge is 0.262 e. The first-order chi connectivity index (χ1) is 17.1. The Morgan fingerprint density at radius 2 is 1.31 bits per heavy atom. The summed E-state index contributed by atoms with van der Waals surface area (Å²) in [6.45, 7) is -0.0741. The van der Waals surface area contributed by atoms with Gasteiger partial charge in [0, 0.05) is 19.8 Å². The molecule has 1 unspecified atom stereocenters. The third-order valence-corrected chi connectivity index (χ3v) is 6.94. The van der Waals surface area contributed by atoms with Gasteiger partial charge in [0.1, 0.15) is 11.0 Å². The highest BCUT2D eigenvalue weighted by molar-refractivity contribution is 14.1. The average Bonchev–Trinajstić information content (AvgIpc) is 2.89. The summed E-state index contributed by atoms with van der Waals surface area (Å²) in [4.78, 5) is 26.3. The summed E-state index contributed by atoms with van der Waals surface area (Å²) >= 11 is 3.69. The Morgan fingerprint density at radius 1 is 0.743 bits per heavy atom. The van der Waals surface area contributed by atoms with E-state index in [0.717, 1.165) is 19.7 Å². The molecule has 0 aliphatic heterocycles. The van der Waals surface area contributed by atoms with Crippen molar-refractivity contribution in [1.29, 1.82) is 0 Å². The highest BCUT2D eigenvalue weighted by atomic mass is 127. The molecule has 0 aromatic heterocycles. The number of para-hydroxylation sites is 1. The van der Waals surface area contributed by atoms with Gasteiger partial charge in [0.2, 0.25) is 5.91 Å². The van der Waals surface area contributed by atoms with Crippen LogP contribution in [0.2, 0.25) is 0 Å². The van der Waals surface area contributed by atoms with E-state index in [2.05, 4.69) is 33.2 Å². The second-order valence-electron chi connectivity index (χ2n) is 7.58. The normalized spacial score (nSPS) is 11.3. The standard InChI is InChI=1S/C28H23IN2O3S/c29-21-11-13-23(14-12-21)31-28(33)27(20-7-3-1-4-8-20)35-25-17-15-22(16-18-25)30-26(32)19-34-24-9-5-2-6-10-24/h1-18,27H,19H2,(H,30,32)(H,31,33). The van der Waals surface area contributed by atoms with Crippen LogP contribution in [-0.4, -0.2) is 18.4 Å². The van der Waals surface area contributed by atoms with Crippen molar-refractivity contribution in [2.24, 2.45) is 0 Å². The van der Waals surface area contributed by atoms with E-state index in [9.17, 15) is 9.59 Å². The zero-order valence-electron chi connectivity index (χ0n) is 18.7. The predicted octanol–water partition coefficient (Wildman–Crippen LogP) is 6.78. The van der Waals surface area contributed by atoms with Crippen molar-refractivity contribution >= 4 is 57.5 Å². The molecule has 0 radical (unpaired) electrons. The van der Waals surface area contributed by atoms with Crippen LogP contribution in [0.25, 0.3) is 0 Å². The van der Waals surface area contributed by atoms with E-state index in [-0.39, 0.29) is 18.4 Å². The van der Waals surface area contributed by atoms with Crippen molar-refractivity contribution in [2.45, 2.75) is 10.1 Å². The van der Waals surface area contributed by atoms with Crippen molar-refractivity contribution in [3.05, 3.63) is 118 Å². The number of amides is 2. The molecule has 5 nitrogen and oxygen atoms in total. The Kier molecular flexibility index (Phi) is 8.80. The zero-order chi connectivity index (χ0) is 24.5. The van der Waals surface area contributed by atoms with E-state index < -0.39 is 5.25 Å². The molecule has 4 aromatic carbocycles. The Labute approximate surface area is 222 Å². The summed E-state index contributed by atoms with van der Waals surface area (Å²) in [5.41, 5.74) is 2.33. The Hall–Kier alpha value is -3.30. The molecule has 2 N–H and O–H groups in total. The molecular weight excluding hydrogens is 571 g/mol. The first-order valence-electron chi connectivity index (χ1n) is 10.9. The minimum absolute atomic E-state index is 0.0741. The van der Waals surface area contributed by atoms with Crippen molar-refractivity contribution in [3.8, 4) is 5.75 Å². The van der Waals surface area contributed by atoms with E-state index in [1.54, 1.807) is 12.1 Å². The van der Waals surface area contributed by atoms with Gasteiger partial charge in [-0.1, -0.05) is 48.5 Å². The van der Waals surface area contributed by atoms with Crippen LogP contribution in [0.15, 0.2) is 114 Å². The lowest BCUT2D eigenvalue weighted by Gasteiger charge is -2.17. The SMILES string of the molecule is O=C(COc1ccccc1)Nc1ccc(SC(C(=O)Nc2ccc(I)cc2)c2ccccc2)cc1. The molecule has 0 saturated heterocycles. The van der Waals surface area contributed by atoms with Crippen LogP contribution in [0, 0.1) is 3.57 Å². The third kappa shape index (κ3) is 7.60. The lowest BCUT2D eigenvalue weighted by molar-refractivity contribution is -0.118. The molecule has 0 spiro atoms. The number of carbonyl (C=O) groups excluding carboxylic acids is 2. The topological polar surface area (TPSA) is 67.4 Å². The number of hydrogen-bond acceptors (Lipinski definition) is 4. The largest absolute Gasteiger partial charge is 0.484 e. The highest BCUT2D eigenvalue weighted by Gasteiger charge is 2.22. The maximum atomic E-state index is 13.2. The van der Waals surface area contributed by atoms with Crippen molar-refractivity contribution < 1.29 is 14.3 Å². The lowest BCUT2D eigenvalue weighted by Crippen LogP contribution is -2.20. The van der Waals surface area contributed by atoms with Gasteiger partial charge in [0.05, 0.1) is 0 Å². The maximum absolute atomic E-state index is 13.2. The van der Waals surface area contributed by atoms with Crippen LogP contribution < -0.4 is 15.4 Å². The average molecular weight is 594 g/mol. The number of hydrogen-bond donors (Lipinski definition) is 2. The second-order valence-corrected chi connectivity index (χ2v) is 10.0. The molecule has 0 saturated carbocycles. The summed E-state index contributed by atoms with van der Waals surface area (Å²) in [5, 5.41) is 5.42. The fourth-order valence-electron chi connectivity index (χ4n) is 3.26. The number of thioether (sulfide) groups is 1. The van der Waals surface area contributed by atoms with Gasteiger partial charge in [0.25, 0.3) is 5.91 Å². The van der Waals surface area contributed by atoms with Gasteiger partial charge in [-0.15, -0.1) is 11.8 Å².